The van der Waals surface area contributed by atoms with Crippen LogP contribution in [0.15, 0.2) is 47.3 Å². The van der Waals surface area contributed by atoms with E-state index in [1.165, 1.54) is 22.8 Å². The zero-order valence-corrected chi connectivity index (χ0v) is 21.3. The molecule has 1 heterocycles. The van der Waals surface area contributed by atoms with Gasteiger partial charge in [-0.25, -0.2) is 9.37 Å². The van der Waals surface area contributed by atoms with Gasteiger partial charge < -0.3 is 4.90 Å². The summed E-state index contributed by atoms with van der Waals surface area (Å²) in [5, 5.41) is 0.368. The van der Waals surface area contributed by atoms with Crippen molar-refractivity contribution >= 4 is 28.4 Å². The molecule has 5 nitrogen and oxygen atoms in total. The number of rotatable bonds is 9. The van der Waals surface area contributed by atoms with E-state index in [1.54, 1.807) is 18.2 Å². The Bertz CT molecular complexity index is 1220. The Balaban J connectivity index is 2.27. The summed E-state index contributed by atoms with van der Waals surface area (Å²) < 4.78 is 15.4. The third-order valence-corrected chi connectivity index (χ3v) is 6.16. The number of carbonyl (C=O) groups is 1. The van der Waals surface area contributed by atoms with Crippen molar-refractivity contribution in [2.24, 2.45) is 11.8 Å². The van der Waals surface area contributed by atoms with Crippen LogP contribution in [0.4, 0.5) is 4.39 Å². The number of benzene rings is 2. The smallest absolute Gasteiger partial charge is 0.266 e. The van der Waals surface area contributed by atoms with Crippen molar-refractivity contribution in [1.82, 2.24) is 14.5 Å². The fraction of sp³-hybridized carbons (Fsp3) is 0.444. The molecule has 1 amide bonds. The zero-order valence-electron chi connectivity index (χ0n) is 20.5. The molecule has 2 aromatic carbocycles. The molecule has 0 N–H and O–H groups in total. The SMILES string of the molecule is CCC(c1nc2ccccc2c(=O)n1-c1ccc(F)c(Cl)c1)N(CCC(C)C)C(=O)CC(C)C. The summed E-state index contributed by atoms with van der Waals surface area (Å²) >= 11 is 6.08. The standard InChI is InChI=1S/C27H33ClFN3O2/c1-6-24(31(14-13-17(2)3)25(33)15-18(4)5)26-30-23-10-8-7-9-20(23)27(34)32(26)19-11-12-22(29)21(28)16-19/h7-12,16-18,24H,6,13-15H2,1-5H3. The third-order valence-electron chi connectivity index (χ3n) is 5.87. The Labute approximate surface area is 205 Å². The van der Waals surface area contributed by atoms with Crippen LogP contribution >= 0.6 is 11.6 Å². The Morgan fingerprint density at radius 2 is 1.82 bits per heavy atom. The molecule has 34 heavy (non-hydrogen) atoms. The minimum atomic E-state index is -0.563. The average molecular weight is 486 g/mol. The van der Waals surface area contributed by atoms with E-state index < -0.39 is 11.9 Å². The van der Waals surface area contributed by atoms with E-state index in [2.05, 4.69) is 13.8 Å². The second-order valence-corrected chi connectivity index (χ2v) is 9.92. The molecule has 7 heteroatoms. The van der Waals surface area contributed by atoms with E-state index in [4.69, 9.17) is 16.6 Å². The highest BCUT2D eigenvalue weighted by atomic mass is 35.5. The van der Waals surface area contributed by atoms with E-state index in [0.29, 0.717) is 47.7 Å². The topological polar surface area (TPSA) is 55.2 Å². The lowest BCUT2D eigenvalue weighted by Crippen LogP contribution is -2.40. The van der Waals surface area contributed by atoms with Gasteiger partial charge in [-0.05, 0) is 55.0 Å². The molecule has 0 aliphatic heterocycles. The first-order chi connectivity index (χ1) is 16.1. The van der Waals surface area contributed by atoms with Gasteiger partial charge in [-0.1, -0.05) is 58.4 Å². The molecule has 1 aromatic heterocycles. The number of amides is 1. The summed E-state index contributed by atoms with van der Waals surface area (Å²) in [6, 6.07) is 10.9. The highest BCUT2D eigenvalue weighted by molar-refractivity contribution is 6.30. The number of fused-ring (bicyclic) bond motifs is 1. The van der Waals surface area contributed by atoms with E-state index in [9.17, 15) is 14.0 Å². The minimum absolute atomic E-state index is 0.0357. The maximum Gasteiger partial charge on any atom is 0.266 e. The molecule has 1 unspecified atom stereocenters. The highest BCUT2D eigenvalue weighted by Gasteiger charge is 2.29. The van der Waals surface area contributed by atoms with Gasteiger partial charge in [-0.3, -0.25) is 14.2 Å². The molecule has 182 valence electrons. The number of aromatic nitrogens is 2. The van der Waals surface area contributed by atoms with E-state index in [-0.39, 0.29) is 22.4 Å². The quantitative estimate of drug-likeness (QED) is 0.345. The van der Waals surface area contributed by atoms with Crippen LogP contribution in [-0.2, 0) is 4.79 Å². The fourth-order valence-corrected chi connectivity index (χ4v) is 4.28. The van der Waals surface area contributed by atoms with E-state index >= 15 is 0 Å². The summed E-state index contributed by atoms with van der Waals surface area (Å²) in [5.74, 6) is 0.540. The number of halogens is 2. The van der Waals surface area contributed by atoms with Crippen LogP contribution in [0.5, 0.6) is 0 Å². The van der Waals surface area contributed by atoms with Gasteiger partial charge in [0.25, 0.3) is 5.56 Å². The monoisotopic (exact) mass is 485 g/mol. The van der Waals surface area contributed by atoms with Crippen molar-refractivity contribution in [3.05, 3.63) is 69.5 Å². The van der Waals surface area contributed by atoms with Crippen molar-refractivity contribution in [1.29, 1.82) is 0 Å². The van der Waals surface area contributed by atoms with Gasteiger partial charge in [0.1, 0.15) is 11.6 Å². The summed E-state index contributed by atoms with van der Waals surface area (Å²) in [4.78, 5) is 33.8. The van der Waals surface area contributed by atoms with Gasteiger partial charge in [-0.2, -0.15) is 0 Å². The van der Waals surface area contributed by atoms with Crippen LogP contribution in [0.3, 0.4) is 0 Å². The molecule has 0 aliphatic carbocycles. The Morgan fingerprint density at radius 3 is 2.44 bits per heavy atom. The van der Waals surface area contributed by atoms with Crippen LogP contribution in [-0.4, -0.2) is 26.9 Å². The lowest BCUT2D eigenvalue weighted by molar-refractivity contribution is -0.135. The summed E-state index contributed by atoms with van der Waals surface area (Å²) in [6.45, 7) is 10.8. The van der Waals surface area contributed by atoms with Crippen molar-refractivity contribution in [2.45, 2.75) is 59.9 Å². The lowest BCUT2D eigenvalue weighted by atomic mass is 10.0. The molecule has 0 aliphatic rings. The molecule has 3 aromatic rings. The maximum absolute atomic E-state index is 13.9. The molecular weight excluding hydrogens is 453 g/mol. The zero-order chi connectivity index (χ0) is 25.0. The first-order valence-electron chi connectivity index (χ1n) is 11.9. The Hall–Kier alpha value is -2.73. The third kappa shape index (κ3) is 5.66. The Kier molecular flexibility index (Phi) is 8.47. The summed E-state index contributed by atoms with van der Waals surface area (Å²) in [6.07, 6.45) is 1.82. The molecule has 0 saturated heterocycles. The van der Waals surface area contributed by atoms with Crippen LogP contribution in [0.25, 0.3) is 16.6 Å². The maximum atomic E-state index is 13.9. The molecule has 0 radical (unpaired) electrons. The predicted molar refractivity (Wildman–Crippen MR) is 136 cm³/mol. The number of hydrogen-bond donors (Lipinski definition) is 0. The number of nitrogens with zero attached hydrogens (tertiary/aromatic N) is 3. The first kappa shape index (κ1) is 25.9. The van der Waals surface area contributed by atoms with Crippen LogP contribution < -0.4 is 5.56 Å². The second-order valence-electron chi connectivity index (χ2n) is 9.52. The van der Waals surface area contributed by atoms with Crippen molar-refractivity contribution in [2.75, 3.05) is 6.54 Å². The van der Waals surface area contributed by atoms with Gasteiger partial charge in [0.15, 0.2) is 0 Å². The number of hydrogen-bond acceptors (Lipinski definition) is 3. The average Bonchev–Trinajstić information content (AvgIpc) is 2.78. The van der Waals surface area contributed by atoms with Gasteiger partial charge in [0.05, 0.1) is 27.7 Å². The molecule has 1 atom stereocenters. The fourth-order valence-electron chi connectivity index (χ4n) is 4.11. The molecule has 0 saturated carbocycles. The van der Waals surface area contributed by atoms with Crippen molar-refractivity contribution in [3.8, 4) is 5.69 Å². The first-order valence-corrected chi connectivity index (χ1v) is 12.3. The lowest BCUT2D eigenvalue weighted by Gasteiger charge is -2.33. The molecular formula is C27H33ClFN3O2. The second kappa shape index (κ2) is 11.1. The van der Waals surface area contributed by atoms with Gasteiger partial charge >= 0.3 is 0 Å². The molecule has 0 bridgehead atoms. The molecule has 3 rings (SSSR count). The van der Waals surface area contributed by atoms with Gasteiger partial charge in [0, 0.05) is 13.0 Å². The largest absolute Gasteiger partial charge is 0.332 e. The van der Waals surface area contributed by atoms with Crippen molar-refractivity contribution in [3.63, 3.8) is 0 Å². The van der Waals surface area contributed by atoms with Crippen LogP contribution in [0.1, 0.15) is 65.7 Å². The predicted octanol–water partition coefficient (Wildman–Crippen LogP) is 6.55. The van der Waals surface area contributed by atoms with Gasteiger partial charge in [-0.15, -0.1) is 0 Å². The van der Waals surface area contributed by atoms with Crippen LogP contribution in [0, 0.1) is 17.7 Å². The van der Waals surface area contributed by atoms with Crippen molar-refractivity contribution < 1.29 is 9.18 Å². The van der Waals surface area contributed by atoms with Gasteiger partial charge in [0.2, 0.25) is 5.91 Å². The normalized spacial score (nSPS) is 12.5. The number of carbonyl (C=O) groups excluding carboxylic acids is 1. The van der Waals surface area contributed by atoms with E-state index in [1.807, 2.05) is 31.7 Å². The summed E-state index contributed by atoms with van der Waals surface area (Å²) in [5.41, 5.74) is 0.704. The van der Waals surface area contributed by atoms with Crippen LogP contribution in [0.2, 0.25) is 5.02 Å². The number of para-hydroxylation sites is 1. The van der Waals surface area contributed by atoms with E-state index in [0.717, 1.165) is 6.42 Å². The summed E-state index contributed by atoms with van der Waals surface area (Å²) in [7, 11) is 0. The Morgan fingerprint density at radius 1 is 1.12 bits per heavy atom. The minimum Gasteiger partial charge on any atom is -0.332 e. The molecule has 0 fully saturated rings. The highest BCUT2D eigenvalue weighted by Crippen LogP contribution is 2.29. The molecule has 0 spiro atoms.